The van der Waals surface area contributed by atoms with Gasteiger partial charge in [0, 0.05) is 24.5 Å². The molecule has 4 nitrogen and oxygen atoms in total. The molecule has 0 spiro atoms. The average Bonchev–Trinajstić information content (AvgIpc) is 2.28. The zero-order valence-corrected chi connectivity index (χ0v) is 10.3. The summed E-state index contributed by atoms with van der Waals surface area (Å²) in [4.78, 5) is 11.3. The summed E-state index contributed by atoms with van der Waals surface area (Å²) in [6.07, 6.45) is 4.15. The Morgan fingerprint density at radius 3 is 2.67 bits per heavy atom. The SMILES string of the molecule is CNCC(=O)NCC1(SC)CCOCC1. The first kappa shape index (κ1) is 12.8. The summed E-state index contributed by atoms with van der Waals surface area (Å²) in [5.74, 6) is 0.0671. The molecule has 0 bridgehead atoms. The smallest absolute Gasteiger partial charge is 0.233 e. The lowest BCUT2D eigenvalue weighted by Gasteiger charge is -2.35. The first-order valence-corrected chi connectivity index (χ1v) is 6.49. The summed E-state index contributed by atoms with van der Waals surface area (Å²) in [6, 6.07) is 0. The van der Waals surface area contributed by atoms with Crippen molar-refractivity contribution in [1.82, 2.24) is 10.6 Å². The molecule has 0 aromatic heterocycles. The fourth-order valence-corrected chi connectivity index (χ4v) is 2.47. The highest BCUT2D eigenvalue weighted by Crippen LogP contribution is 2.32. The second-order valence-electron chi connectivity index (χ2n) is 3.81. The molecule has 1 aliphatic rings. The molecule has 1 saturated heterocycles. The zero-order valence-electron chi connectivity index (χ0n) is 9.47. The van der Waals surface area contributed by atoms with Crippen molar-refractivity contribution in [2.24, 2.45) is 0 Å². The standard InChI is InChI=1S/C10H20N2O2S/c1-11-7-9(13)12-8-10(15-2)3-5-14-6-4-10/h11H,3-8H2,1-2H3,(H,12,13). The molecule has 2 N–H and O–H groups in total. The van der Waals surface area contributed by atoms with Crippen molar-refractivity contribution in [2.75, 3.05) is 39.6 Å². The molecule has 5 heteroatoms. The third-order valence-electron chi connectivity index (χ3n) is 2.78. The normalized spacial score (nSPS) is 19.9. The highest BCUT2D eigenvalue weighted by atomic mass is 32.2. The number of hydrogen-bond acceptors (Lipinski definition) is 4. The van der Waals surface area contributed by atoms with Crippen molar-refractivity contribution in [3.05, 3.63) is 0 Å². The Kier molecular flexibility index (Phi) is 5.42. The Morgan fingerprint density at radius 2 is 2.13 bits per heavy atom. The van der Waals surface area contributed by atoms with Gasteiger partial charge < -0.3 is 15.4 Å². The van der Waals surface area contributed by atoms with Crippen molar-refractivity contribution < 1.29 is 9.53 Å². The number of carbonyl (C=O) groups is 1. The van der Waals surface area contributed by atoms with Crippen LogP contribution in [0.3, 0.4) is 0 Å². The van der Waals surface area contributed by atoms with Gasteiger partial charge >= 0.3 is 0 Å². The van der Waals surface area contributed by atoms with Crippen LogP contribution in [-0.2, 0) is 9.53 Å². The van der Waals surface area contributed by atoms with E-state index in [9.17, 15) is 4.79 Å². The van der Waals surface area contributed by atoms with Gasteiger partial charge in [-0.25, -0.2) is 0 Å². The summed E-state index contributed by atoms with van der Waals surface area (Å²) < 4.78 is 5.52. The molecule has 1 heterocycles. The van der Waals surface area contributed by atoms with Gasteiger partial charge in [0.25, 0.3) is 0 Å². The van der Waals surface area contributed by atoms with E-state index in [2.05, 4.69) is 16.9 Å². The maximum atomic E-state index is 11.3. The molecule has 0 aliphatic carbocycles. The van der Waals surface area contributed by atoms with Crippen molar-refractivity contribution in [2.45, 2.75) is 17.6 Å². The number of nitrogens with one attached hydrogen (secondary N) is 2. The summed E-state index contributed by atoms with van der Waals surface area (Å²) >= 11 is 1.84. The summed E-state index contributed by atoms with van der Waals surface area (Å²) in [7, 11) is 1.78. The van der Waals surface area contributed by atoms with E-state index >= 15 is 0 Å². The molecular weight excluding hydrogens is 212 g/mol. The van der Waals surface area contributed by atoms with E-state index in [0.717, 1.165) is 32.6 Å². The molecule has 0 unspecified atom stereocenters. The Bertz CT molecular complexity index is 206. The molecule has 15 heavy (non-hydrogen) atoms. The van der Waals surface area contributed by atoms with E-state index in [1.165, 1.54) is 0 Å². The zero-order chi connectivity index (χ0) is 11.1. The lowest BCUT2D eigenvalue weighted by molar-refractivity contribution is -0.120. The number of carbonyl (C=O) groups excluding carboxylic acids is 1. The quantitative estimate of drug-likeness (QED) is 0.713. The van der Waals surface area contributed by atoms with Gasteiger partial charge in [-0.05, 0) is 26.1 Å². The minimum atomic E-state index is 0.0671. The molecule has 1 fully saturated rings. The van der Waals surface area contributed by atoms with E-state index in [4.69, 9.17) is 4.74 Å². The lowest BCUT2D eigenvalue weighted by atomic mass is 9.99. The van der Waals surface area contributed by atoms with Gasteiger partial charge in [-0.3, -0.25) is 4.79 Å². The molecule has 0 saturated carbocycles. The Hall–Kier alpha value is -0.260. The van der Waals surface area contributed by atoms with Gasteiger partial charge in [0.05, 0.1) is 6.54 Å². The molecule has 1 aliphatic heterocycles. The van der Waals surface area contributed by atoms with Gasteiger partial charge in [-0.2, -0.15) is 11.8 Å². The molecular formula is C10H20N2O2S. The van der Waals surface area contributed by atoms with E-state index in [-0.39, 0.29) is 10.7 Å². The minimum Gasteiger partial charge on any atom is -0.381 e. The largest absolute Gasteiger partial charge is 0.381 e. The van der Waals surface area contributed by atoms with Crippen molar-refractivity contribution in [1.29, 1.82) is 0 Å². The fourth-order valence-electron chi connectivity index (χ4n) is 1.68. The number of amides is 1. The van der Waals surface area contributed by atoms with Crippen LogP contribution in [0.2, 0.25) is 0 Å². The third-order valence-corrected chi connectivity index (χ3v) is 4.20. The van der Waals surface area contributed by atoms with E-state index < -0.39 is 0 Å². The van der Waals surface area contributed by atoms with Crippen LogP contribution in [-0.4, -0.2) is 50.3 Å². The molecule has 1 rings (SSSR count). The third kappa shape index (κ3) is 4.01. The number of ether oxygens (including phenoxy) is 1. The van der Waals surface area contributed by atoms with Crippen LogP contribution in [0.5, 0.6) is 0 Å². The lowest BCUT2D eigenvalue weighted by Crippen LogP contribution is -2.45. The van der Waals surface area contributed by atoms with Crippen LogP contribution < -0.4 is 10.6 Å². The molecule has 0 aromatic carbocycles. The maximum absolute atomic E-state index is 11.3. The Labute approximate surface area is 95.5 Å². The van der Waals surface area contributed by atoms with Crippen molar-refractivity contribution >= 4 is 17.7 Å². The van der Waals surface area contributed by atoms with Crippen LogP contribution in [0.25, 0.3) is 0 Å². The van der Waals surface area contributed by atoms with Crippen LogP contribution >= 0.6 is 11.8 Å². The molecule has 0 radical (unpaired) electrons. The maximum Gasteiger partial charge on any atom is 0.233 e. The fraction of sp³-hybridized carbons (Fsp3) is 0.900. The monoisotopic (exact) mass is 232 g/mol. The summed E-state index contributed by atoms with van der Waals surface area (Å²) in [5, 5.41) is 5.81. The Morgan fingerprint density at radius 1 is 1.47 bits per heavy atom. The van der Waals surface area contributed by atoms with E-state index in [1.54, 1.807) is 7.05 Å². The first-order chi connectivity index (χ1) is 7.22. The molecule has 0 atom stereocenters. The van der Waals surface area contributed by atoms with Gasteiger partial charge in [-0.15, -0.1) is 0 Å². The molecule has 88 valence electrons. The van der Waals surface area contributed by atoms with Gasteiger partial charge in [-0.1, -0.05) is 0 Å². The van der Waals surface area contributed by atoms with Gasteiger partial charge in [0.2, 0.25) is 5.91 Å². The number of thioether (sulfide) groups is 1. The van der Waals surface area contributed by atoms with Crippen LogP contribution in [0.1, 0.15) is 12.8 Å². The average molecular weight is 232 g/mol. The van der Waals surface area contributed by atoms with Crippen molar-refractivity contribution in [3.8, 4) is 0 Å². The minimum absolute atomic E-state index is 0.0671. The second-order valence-corrected chi connectivity index (χ2v) is 5.08. The Balaban J connectivity index is 2.35. The van der Waals surface area contributed by atoms with E-state index in [0.29, 0.717) is 6.54 Å². The summed E-state index contributed by atoms with van der Waals surface area (Å²) in [5.41, 5.74) is 0. The second kappa shape index (κ2) is 6.35. The number of likely N-dealkylation sites (N-methyl/N-ethyl adjacent to an activating group) is 1. The van der Waals surface area contributed by atoms with Crippen LogP contribution in [0.15, 0.2) is 0 Å². The predicted octanol–water partition coefficient (Wildman–Crippen LogP) is 0.234. The molecule has 0 aromatic rings. The highest BCUT2D eigenvalue weighted by Gasteiger charge is 2.31. The summed E-state index contributed by atoms with van der Waals surface area (Å²) in [6.45, 7) is 2.75. The predicted molar refractivity (Wildman–Crippen MR) is 63.2 cm³/mol. The highest BCUT2D eigenvalue weighted by molar-refractivity contribution is 8.00. The van der Waals surface area contributed by atoms with E-state index in [1.807, 2.05) is 11.8 Å². The van der Waals surface area contributed by atoms with Crippen molar-refractivity contribution in [3.63, 3.8) is 0 Å². The van der Waals surface area contributed by atoms with Crippen LogP contribution in [0, 0.1) is 0 Å². The first-order valence-electron chi connectivity index (χ1n) is 5.27. The van der Waals surface area contributed by atoms with Crippen LogP contribution in [0.4, 0.5) is 0 Å². The van der Waals surface area contributed by atoms with Gasteiger partial charge in [0.1, 0.15) is 0 Å². The topological polar surface area (TPSA) is 50.4 Å². The number of hydrogen-bond donors (Lipinski definition) is 2. The van der Waals surface area contributed by atoms with Gasteiger partial charge in [0.15, 0.2) is 0 Å². The number of rotatable bonds is 5. The molecule has 1 amide bonds.